The van der Waals surface area contributed by atoms with E-state index in [4.69, 9.17) is 4.74 Å². The monoisotopic (exact) mass is 298 g/mol. The number of benzene rings is 1. The van der Waals surface area contributed by atoms with Crippen molar-refractivity contribution in [2.45, 2.75) is 6.42 Å². The van der Waals surface area contributed by atoms with E-state index in [-0.39, 0.29) is 5.82 Å². The minimum absolute atomic E-state index is 0.244. The third kappa shape index (κ3) is 2.45. The van der Waals surface area contributed by atoms with Gasteiger partial charge in [0.05, 0.1) is 7.11 Å². The van der Waals surface area contributed by atoms with Crippen LogP contribution in [0, 0.1) is 5.82 Å². The summed E-state index contributed by atoms with van der Waals surface area (Å²) in [5.41, 5.74) is 2.45. The number of rotatable bonds is 3. The zero-order valence-corrected chi connectivity index (χ0v) is 12.3. The van der Waals surface area contributed by atoms with Crippen LogP contribution in [0.25, 0.3) is 11.0 Å². The van der Waals surface area contributed by atoms with E-state index >= 15 is 0 Å². The van der Waals surface area contributed by atoms with Gasteiger partial charge in [-0.05, 0) is 29.8 Å². The average Bonchev–Trinajstić information content (AvgIpc) is 2.86. The number of carbonyl (C=O) groups is 1. The zero-order chi connectivity index (χ0) is 15.7. The Balaban J connectivity index is 2.01. The maximum absolute atomic E-state index is 13.7. The number of nitrogens with zero attached hydrogens (tertiary/aromatic N) is 2. The van der Waals surface area contributed by atoms with E-state index in [0.29, 0.717) is 23.3 Å². The molecular formula is C17H15FN2O2. The first-order valence-electron chi connectivity index (χ1n) is 6.87. The van der Waals surface area contributed by atoms with Crippen LogP contribution in [0.15, 0.2) is 42.5 Å². The van der Waals surface area contributed by atoms with Crippen molar-refractivity contribution < 1.29 is 13.9 Å². The van der Waals surface area contributed by atoms with Crippen LogP contribution >= 0.6 is 0 Å². The molecule has 4 nitrogen and oxygen atoms in total. The molecule has 5 heteroatoms. The van der Waals surface area contributed by atoms with E-state index in [0.717, 1.165) is 11.1 Å². The molecular weight excluding hydrogens is 283 g/mol. The van der Waals surface area contributed by atoms with Gasteiger partial charge in [-0.15, -0.1) is 0 Å². The molecule has 0 aliphatic heterocycles. The summed E-state index contributed by atoms with van der Waals surface area (Å²) < 4.78 is 20.2. The number of halogens is 1. The third-order valence-electron chi connectivity index (χ3n) is 3.66. The minimum Gasteiger partial charge on any atom is -0.464 e. The van der Waals surface area contributed by atoms with Crippen LogP contribution in [0.2, 0.25) is 0 Å². The van der Waals surface area contributed by atoms with Gasteiger partial charge in [-0.1, -0.05) is 18.2 Å². The molecule has 0 unspecified atom stereocenters. The first-order chi connectivity index (χ1) is 10.6. The van der Waals surface area contributed by atoms with Crippen LogP contribution in [0.5, 0.6) is 0 Å². The zero-order valence-electron chi connectivity index (χ0n) is 12.3. The van der Waals surface area contributed by atoms with Gasteiger partial charge in [0, 0.05) is 24.5 Å². The molecule has 1 aromatic carbocycles. The molecule has 0 bridgehead atoms. The first kappa shape index (κ1) is 14.3. The van der Waals surface area contributed by atoms with E-state index in [2.05, 4.69) is 4.98 Å². The molecule has 0 radical (unpaired) electrons. The summed E-state index contributed by atoms with van der Waals surface area (Å²) in [5.74, 6) is -0.650. The lowest BCUT2D eigenvalue weighted by molar-refractivity contribution is 0.0590. The maximum atomic E-state index is 13.7. The van der Waals surface area contributed by atoms with Crippen molar-refractivity contribution in [1.82, 2.24) is 9.55 Å². The second-order valence-corrected chi connectivity index (χ2v) is 5.06. The van der Waals surface area contributed by atoms with Crippen LogP contribution < -0.4 is 0 Å². The molecule has 0 saturated carbocycles. The van der Waals surface area contributed by atoms with Crippen molar-refractivity contribution in [3.05, 3.63) is 65.2 Å². The molecule has 2 heterocycles. The SMILES string of the molecule is COC(=O)c1cc2ccc(Cc3ccccc3F)nc2n1C. The first-order valence-corrected chi connectivity index (χ1v) is 6.87. The van der Waals surface area contributed by atoms with E-state index in [1.54, 1.807) is 35.9 Å². The molecule has 2 aromatic heterocycles. The van der Waals surface area contributed by atoms with Gasteiger partial charge in [0.2, 0.25) is 0 Å². The standard InChI is InChI=1S/C17H15FN2O2/c1-20-15(17(21)22-2)10-12-7-8-13(19-16(12)20)9-11-5-3-4-6-14(11)18/h3-8,10H,9H2,1-2H3. The number of hydrogen-bond acceptors (Lipinski definition) is 3. The van der Waals surface area contributed by atoms with Gasteiger partial charge < -0.3 is 9.30 Å². The van der Waals surface area contributed by atoms with E-state index in [9.17, 15) is 9.18 Å². The highest BCUT2D eigenvalue weighted by Crippen LogP contribution is 2.20. The minimum atomic E-state index is -0.406. The fourth-order valence-electron chi connectivity index (χ4n) is 2.47. The predicted octanol–water partition coefficient (Wildman–Crippen LogP) is 3.09. The average molecular weight is 298 g/mol. The number of pyridine rings is 1. The highest BCUT2D eigenvalue weighted by atomic mass is 19.1. The van der Waals surface area contributed by atoms with E-state index in [1.165, 1.54) is 13.2 Å². The van der Waals surface area contributed by atoms with Crippen LogP contribution in [0.3, 0.4) is 0 Å². The molecule has 0 N–H and O–H groups in total. The van der Waals surface area contributed by atoms with E-state index < -0.39 is 5.97 Å². The summed E-state index contributed by atoms with van der Waals surface area (Å²) in [5, 5.41) is 0.847. The summed E-state index contributed by atoms with van der Waals surface area (Å²) >= 11 is 0. The smallest absolute Gasteiger partial charge is 0.354 e. The molecule has 0 atom stereocenters. The quantitative estimate of drug-likeness (QED) is 0.698. The van der Waals surface area contributed by atoms with Gasteiger partial charge in [-0.3, -0.25) is 0 Å². The van der Waals surface area contributed by atoms with Crippen LogP contribution in [-0.2, 0) is 18.2 Å². The number of carbonyl (C=O) groups excluding carboxylic acids is 1. The van der Waals surface area contributed by atoms with Gasteiger partial charge in [0.15, 0.2) is 0 Å². The lowest BCUT2D eigenvalue weighted by atomic mass is 10.1. The highest BCUT2D eigenvalue weighted by molar-refractivity contribution is 5.94. The number of aromatic nitrogens is 2. The fraction of sp³-hybridized carbons (Fsp3) is 0.176. The Hall–Kier alpha value is -2.69. The van der Waals surface area contributed by atoms with Gasteiger partial charge in [-0.25, -0.2) is 14.2 Å². The Morgan fingerprint density at radius 3 is 2.77 bits per heavy atom. The third-order valence-corrected chi connectivity index (χ3v) is 3.66. The Labute approximate surface area is 127 Å². The van der Waals surface area contributed by atoms with Crippen LogP contribution in [0.1, 0.15) is 21.7 Å². The van der Waals surface area contributed by atoms with Gasteiger partial charge in [0.1, 0.15) is 17.2 Å². The van der Waals surface area contributed by atoms with E-state index in [1.807, 2.05) is 12.1 Å². The molecule has 0 saturated heterocycles. The number of ether oxygens (including phenoxy) is 1. The number of aryl methyl sites for hydroxylation is 1. The van der Waals surface area contributed by atoms with Crippen LogP contribution in [-0.4, -0.2) is 22.6 Å². The normalized spacial score (nSPS) is 10.9. The van der Waals surface area contributed by atoms with Gasteiger partial charge in [-0.2, -0.15) is 0 Å². The molecule has 3 rings (SSSR count). The Morgan fingerprint density at radius 1 is 1.27 bits per heavy atom. The van der Waals surface area contributed by atoms with Crippen molar-refractivity contribution in [3.8, 4) is 0 Å². The molecule has 112 valence electrons. The summed E-state index contributed by atoms with van der Waals surface area (Å²) in [7, 11) is 3.10. The predicted molar refractivity (Wildman–Crippen MR) is 81.3 cm³/mol. The topological polar surface area (TPSA) is 44.1 Å². The molecule has 0 aliphatic carbocycles. The van der Waals surface area contributed by atoms with Crippen molar-refractivity contribution >= 4 is 17.0 Å². The second-order valence-electron chi connectivity index (χ2n) is 5.06. The molecule has 0 aliphatic rings. The number of esters is 1. The molecule has 0 fully saturated rings. The molecule has 22 heavy (non-hydrogen) atoms. The molecule has 0 spiro atoms. The Morgan fingerprint density at radius 2 is 2.05 bits per heavy atom. The van der Waals surface area contributed by atoms with Crippen molar-refractivity contribution in [2.75, 3.05) is 7.11 Å². The highest BCUT2D eigenvalue weighted by Gasteiger charge is 2.15. The summed E-state index contributed by atoms with van der Waals surface area (Å²) in [6, 6.07) is 12.1. The summed E-state index contributed by atoms with van der Waals surface area (Å²) in [4.78, 5) is 16.2. The fourth-order valence-corrected chi connectivity index (χ4v) is 2.47. The largest absolute Gasteiger partial charge is 0.464 e. The van der Waals surface area contributed by atoms with Gasteiger partial charge >= 0.3 is 5.97 Å². The van der Waals surface area contributed by atoms with Crippen molar-refractivity contribution in [1.29, 1.82) is 0 Å². The number of fused-ring (bicyclic) bond motifs is 1. The lowest BCUT2D eigenvalue weighted by Crippen LogP contribution is -2.07. The van der Waals surface area contributed by atoms with Gasteiger partial charge in [0.25, 0.3) is 0 Å². The summed E-state index contributed by atoms with van der Waals surface area (Å²) in [6.45, 7) is 0. The second kappa shape index (κ2) is 5.60. The summed E-state index contributed by atoms with van der Waals surface area (Å²) in [6.07, 6.45) is 0.404. The van der Waals surface area contributed by atoms with Crippen molar-refractivity contribution in [3.63, 3.8) is 0 Å². The molecule has 0 amide bonds. The number of hydrogen-bond donors (Lipinski definition) is 0. The maximum Gasteiger partial charge on any atom is 0.354 e. The number of methoxy groups -OCH3 is 1. The Bertz CT molecular complexity index is 855. The lowest BCUT2D eigenvalue weighted by Gasteiger charge is -2.05. The molecule has 3 aromatic rings. The Kier molecular flexibility index (Phi) is 3.63. The van der Waals surface area contributed by atoms with Crippen LogP contribution in [0.4, 0.5) is 4.39 Å². The van der Waals surface area contributed by atoms with Crippen molar-refractivity contribution in [2.24, 2.45) is 7.05 Å².